The molecule has 0 aliphatic carbocycles. The van der Waals surface area contributed by atoms with Crippen molar-refractivity contribution in [2.24, 2.45) is 5.14 Å². The summed E-state index contributed by atoms with van der Waals surface area (Å²) >= 11 is 0. The summed E-state index contributed by atoms with van der Waals surface area (Å²) in [6.07, 6.45) is 0. The number of carbonyl (C=O) groups excluding carboxylic acids is 2. The molecule has 0 spiro atoms. The molecule has 1 amide bonds. The highest BCUT2D eigenvalue weighted by Gasteiger charge is 2.17. The maximum absolute atomic E-state index is 12.3. The molecule has 2 aromatic rings. The molecule has 0 heterocycles. The van der Waals surface area contributed by atoms with Crippen LogP contribution in [0.3, 0.4) is 0 Å². The third kappa shape index (κ3) is 5.40. The van der Waals surface area contributed by atoms with Gasteiger partial charge in [-0.05, 0) is 56.5 Å². The van der Waals surface area contributed by atoms with E-state index < -0.39 is 34.5 Å². The van der Waals surface area contributed by atoms with Gasteiger partial charge in [0.1, 0.15) is 0 Å². The van der Waals surface area contributed by atoms with Gasteiger partial charge in [-0.3, -0.25) is 4.79 Å². The Hall–Kier alpha value is -2.71. The van der Waals surface area contributed by atoms with E-state index in [1.807, 2.05) is 32.9 Å². The summed E-state index contributed by atoms with van der Waals surface area (Å²) in [7, 11) is -3.77. The van der Waals surface area contributed by atoms with Crippen molar-refractivity contribution in [3.05, 3.63) is 64.2 Å². The summed E-state index contributed by atoms with van der Waals surface area (Å²) in [6, 6.07) is 9.25. The van der Waals surface area contributed by atoms with E-state index in [1.54, 1.807) is 19.1 Å². The van der Waals surface area contributed by atoms with Crippen LogP contribution >= 0.6 is 0 Å². The van der Waals surface area contributed by atoms with Gasteiger partial charge in [-0.15, -0.1) is 0 Å². The number of nitrogens with two attached hydrogens (primary N) is 1. The quantitative estimate of drug-likeness (QED) is 0.717. The highest BCUT2D eigenvalue weighted by Crippen LogP contribution is 2.18. The fraction of sp³-hybridized carbons (Fsp3) is 0.300. The van der Waals surface area contributed by atoms with Crippen LogP contribution in [0.15, 0.2) is 41.3 Å². The Morgan fingerprint density at radius 2 is 1.61 bits per heavy atom. The van der Waals surface area contributed by atoms with Gasteiger partial charge in [0.05, 0.1) is 16.5 Å². The van der Waals surface area contributed by atoms with Gasteiger partial charge in [-0.2, -0.15) is 0 Å². The molecule has 0 unspecified atom stereocenters. The average Bonchev–Trinajstić information content (AvgIpc) is 2.58. The molecule has 7 nitrogen and oxygen atoms in total. The second kappa shape index (κ2) is 8.53. The molecule has 0 aliphatic heterocycles. The van der Waals surface area contributed by atoms with Crippen molar-refractivity contribution < 1.29 is 22.7 Å². The molecule has 28 heavy (non-hydrogen) atoms. The molecule has 0 radical (unpaired) electrons. The molecule has 2 aromatic carbocycles. The van der Waals surface area contributed by atoms with Crippen LogP contribution in [-0.4, -0.2) is 26.9 Å². The Kier molecular flexibility index (Phi) is 6.58. The number of esters is 1. The summed E-state index contributed by atoms with van der Waals surface area (Å²) in [6.45, 7) is 6.92. The zero-order valence-electron chi connectivity index (χ0n) is 16.3. The van der Waals surface area contributed by atoms with Crippen LogP contribution < -0.4 is 10.5 Å². The molecule has 0 saturated carbocycles. The Labute approximate surface area is 164 Å². The number of hydrogen-bond acceptors (Lipinski definition) is 5. The SMILES string of the molecule is Cc1cc(C)c(C(=O)OCC(=O)N[C@@H](C)c2ccc(S(N)(=O)=O)cc2)c(C)c1. The second-order valence-corrected chi connectivity index (χ2v) is 8.31. The van der Waals surface area contributed by atoms with Crippen molar-refractivity contribution in [3.8, 4) is 0 Å². The van der Waals surface area contributed by atoms with E-state index in [0.29, 0.717) is 11.1 Å². The zero-order valence-corrected chi connectivity index (χ0v) is 17.1. The third-order valence-corrected chi connectivity index (χ3v) is 5.23. The Bertz CT molecular complexity index is 975. The predicted molar refractivity (Wildman–Crippen MR) is 105 cm³/mol. The van der Waals surface area contributed by atoms with E-state index in [1.165, 1.54) is 12.1 Å². The Balaban J connectivity index is 1.96. The van der Waals surface area contributed by atoms with Gasteiger partial charge in [0.2, 0.25) is 10.0 Å². The normalized spacial score (nSPS) is 12.3. The molecule has 8 heteroatoms. The van der Waals surface area contributed by atoms with Gasteiger partial charge in [0, 0.05) is 0 Å². The number of primary sulfonamides is 1. The number of aryl methyl sites for hydroxylation is 3. The molecule has 0 bridgehead atoms. The number of amides is 1. The largest absolute Gasteiger partial charge is 0.452 e. The number of ether oxygens (including phenoxy) is 1. The third-order valence-electron chi connectivity index (χ3n) is 4.30. The lowest BCUT2D eigenvalue weighted by molar-refractivity contribution is -0.124. The van der Waals surface area contributed by atoms with Gasteiger partial charge < -0.3 is 10.1 Å². The topological polar surface area (TPSA) is 116 Å². The van der Waals surface area contributed by atoms with Gasteiger partial charge in [-0.25, -0.2) is 18.4 Å². The van der Waals surface area contributed by atoms with E-state index in [4.69, 9.17) is 9.88 Å². The lowest BCUT2D eigenvalue weighted by Gasteiger charge is -2.15. The molecule has 0 aromatic heterocycles. The van der Waals surface area contributed by atoms with E-state index in [2.05, 4.69) is 5.32 Å². The molecule has 0 saturated heterocycles. The summed E-state index contributed by atoms with van der Waals surface area (Å²) in [4.78, 5) is 24.4. The monoisotopic (exact) mass is 404 g/mol. The highest BCUT2D eigenvalue weighted by atomic mass is 32.2. The van der Waals surface area contributed by atoms with Crippen molar-refractivity contribution in [2.75, 3.05) is 6.61 Å². The Morgan fingerprint density at radius 3 is 2.11 bits per heavy atom. The molecule has 0 fully saturated rings. The molecule has 0 aliphatic rings. The minimum atomic E-state index is -3.77. The van der Waals surface area contributed by atoms with Crippen LogP contribution in [0.1, 0.15) is 45.6 Å². The van der Waals surface area contributed by atoms with Crippen molar-refractivity contribution in [2.45, 2.75) is 38.6 Å². The molecule has 3 N–H and O–H groups in total. The van der Waals surface area contributed by atoms with E-state index in [-0.39, 0.29) is 4.90 Å². The van der Waals surface area contributed by atoms with Crippen molar-refractivity contribution in [1.82, 2.24) is 5.32 Å². The lowest BCUT2D eigenvalue weighted by Crippen LogP contribution is -2.31. The zero-order chi connectivity index (χ0) is 21.1. The van der Waals surface area contributed by atoms with Crippen molar-refractivity contribution >= 4 is 21.9 Å². The summed E-state index contributed by atoms with van der Waals surface area (Å²) < 4.78 is 27.7. The average molecular weight is 404 g/mol. The summed E-state index contributed by atoms with van der Waals surface area (Å²) in [5.74, 6) is -1.01. The predicted octanol–water partition coefficient (Wildman–Crippen LogP) is 2.29. The first kappa shape index (κ1) is 21.6. The van der Waals surface area contributed by atoms with Crippen LogP contribution in [0.4, 0.5) is 0 Å². The maximum Gasteiger partial charge on any atom is 0.339 e. The van der Waals surface area contributed by atoms with Crippen LogP contribution in [-0.2, 0) is 19.6 Å². The van der Waals surface area contributed by atoms with Gasteiger partial charge in [0.15, 0.2) is 6.61 Å². The van der Waals surface area contributed by atoms with Crippen molar-refractivity contribution in [3.63, 3.8) is 0 Å². The number of sulfonamides is 1. The lowest BCUT2D eigenvalue weighted by atomic mass is 10.00. The summed E-state index contributed by atoms with van der Waals surface area (Å²) in [5, 5.41) is 7.77. The maximum atomic E-state index is 12.3. The van der Waals surface area contributed by atoms with Gasteiger partial charge >= 0.3 is 5.97 Å². The van der Waals surface area contributed by atoms with Crippen LogP contribution in [0.2, 0.25) is 0 Å². The standard InChI is InChI=1S/C20H24N2O5S/c1-12-9-13(2)19(14(3)10-12)20(24)27-11-18(23)22-15(4)16-5-7-17(8-6-16)28(21,25)26/h5-10,15H,11H2,1-4H3,(H,22,23)(H2,21,25,26)/t15-/m0/s1. The fourth-order valence-corrected chi connectivity index (χ4v) is 3.53. The molecule has 2 rings (SSSR count). The van der Waals surface area contributed by atoms with E-state index in [9.17, 15) is 18.0 Å². The number of carbonyl (C=O) groups is 2. The van der Waals surface area contributed by atoms with Crippen LogP contribution in [0.5, 0.6) is 0 Å². The molecular formula is C20H24N2O5S. The highest BCUT2D eigenvalue weighted by molar-refractivity contribution is 7.89. The van der Waals surface area contributed by atoms with Gasteiger partial charge in [0.25, 0.3) is 5.91 Å². The van der Waals surface area contributed by atoms with Crippen molar-refractivity contribution in [1.29, 1.82) is 0 Å². The van der Waals surface area contributed by atoms with E-state index >= 15 is 0 Å². The van der Waals surface area contributed by atoms with Crippen LogP contribution in [0, 0.1) is 20.8 Å². The molecular weight excluding hydrogens is 380 g/mol. The molecule has 150 valence electrons. The minimum absolute atomic E-state index is 0.00690. The number of rotatable bonds is 6. The van der Waals surface area contributed by atoms with E-state index in [0.717, 1.165) is 16.7 Å². The molecule has 1 atom stereocenters. The van der Waals surface area contributed by atoms with Gasteiger partial charge in [-0.1, -0.05) is 29.8 Å². The van der Waals surface area contributed by atoms with Crippen LogP contribution in [0.25, 0.3) is 0 Å². The Morgan fingerprint density at radius 1 is 1.07 bits per heavy atom. The minimum Gasteiger partial charge on any atom is -0.452 e. The smallest absolute Gasteiger partial charge is 0.339 e. The second-order valence-electron chi connectivity index (χ2n) is 6.75. The number of nitrogens with one attached hydrogen (secondary N) is 1. The number of benzene rings is 2. The first-order valence-corrected chi connectivity index (χ1v) is 10.2. The fourth-order valence-electron chi connectivity index (χ4n) is 3.02. The first-order valence-electron chi connectivity index (χ1n) is 8.66. The first-order chi connectivity index (χ1) is 13.0. The summed E-state index contributed by atoms with van der Waals surface area (Å²) in [5.41, 5.74) is 3.80. The number of hydrogen-bond donors (Lipinski definition) is 2.